The highest BCUT2D eigenvalue weighted by Crippen LogP contribution is 2.49. The number of halogens is 1. The van der Waals surface area contributed by atoms with Gasteiger partial charge in [-0.1, -0.05) is 23.7 Å². The van der Waals surface area contributed by atoms with E-state index in [1.54, 1.807) is 18.6 Å². The van der Waals surface area contributed by atoms with Crippen molar-refractivity contribution < 1.29 is 0 Å². The van der Waals surface area contributed by atoms with E-state index in [1.165, 1.54) is 0 Å². The molecule has 1 aromatic carbocycles. The van der Waals surface area contributed by atoms with Crippen LogP contribution in [0.25, 0.3) is 33.4 Å². The van der Waals surface area contributed by atoms with E-state index in [4.69, 9.17) is 11.6 Å². The van der Waals surface area contributed by atoms with Gasteiger partial charge in [-0.25, -0.2) is 15.0 Å². The first-order valence-corrected chi connectivity index (χ1v) is 11.5. The molecule has 6 rings (SSSR count). The third-order valence-corrected chi connectivity index (χ3v) is 7.23. The lowest BCUT2D eigenvalue weighted by Gasteiger charge is -2.15. The number of hydrogen-bond donors (Lipinski definition) is 1. The summed E-state index contributed by atoms with van der Waals surface area (Å²) in [5.41, 5.74) is 4.32. The molecular formula is C25H23ClN6O. The van der Waals surface area contributed by atoms with Crippen LogP contribution in [0.2, 0.25) is 5.02 Å². The van der Waals surface area contributed by atoms with Gasteiger partial charge < -0.3 is 5.32 Å². The summed E-state index contributed by atoms with van der Waals surface area (Å²) < 4.78 is 1.83. The number of piperidine rings is 1. The summed E-state index contributed by atoms with van der Waals surface area (Å²) in [4.78, 5) is 31.5. The molecule has 8 heteroatoms. The van der Waals surface area contributed by atoms with Gasteiger partial charge in [-0.2, -0.15) is 0 Å². The lowest BCUT2D eigenvalue weighted by molar-refractivity contribution is 0.515. The van der Waals surface area contributed by atoms with E-state index in [2.05, 4.69) is 25.3 Å². The Balaban J connectivity index is 1.46. The van der Waals surface area contributed by atoms with Gasteiger partial charge in [0, 0.05) is 46.0 Å². The Kier molecular flexibility index (Phi) is 4.78. The molecule has 1 saturated carbocycles. The Morgan fingerprint density at radius 3 is 2.64 bits per heavy atom. The smallest absolute Gasteiger partial charge is 0.260 e. The predicted molar refractivity (Wildman–Crippen MR) is 128 cm³/mol. The maximum atomic E-state index is 13.7. The average molecular weight is 459 g/mol. The minimum Gasteiger partial charge on any atom is -0.316 e. The summed E-state index contributed by atoms with van der Waals surface area (Å²) >= 11 is 6.71. The zero-order valence-electron chi connectivity index (χ0n) is 18.4. The highest BCUT2D eigenvalue weighted by molar-refractivity contribution is 6.33. The van der Waals surface area contributed by atoms with Gasteiger partial charge in [0.2, 0.25) is 0 Å². The van der Waals surface area contributed by atoms with E-state index < -0.39 is 0 Å². The van der Waals surface area contributed by atoms with E-state index in [0.717, 1.165) is 35.4 Å². The monoisotopic (exact) mass is 458 g/mol. The predicted octanol–water partition coefficient (Wildman–Crippen LogP) is 3.65. The van der Waals surface area contributed by atoms with Gasteiger partial charge in [0.25, 0.3) is 5.56 Å². The molecule has 3 aromatic heterocycles. The molecule has 166 valence electrons. The number of rotatable bonds is 4. The molecule has 1 aliphatic heterocycles. The van der Waals surface area contributed by atoms with Crippen molar-refractivity contribution in [2.24, 2.45) is 17.8 Å². The normalized spacial score (nSPS) is 21.4. The first kappa shape index (κ1) is 20.4. The lowest BCUT2D eigenvalue weighted by atomic mass is 10.0. The van der Waals surface area contributed by atoms with E-state index in [0.29, 0.717) is 51.9 Å². The molecule has 0 bridgehead atoms. The molecule has 0 spiro atoms. The van der Waals surface area contributed by atoms with Gasteiger partial charge >= 0.3 is 0 Å². The second-order valence-electron chi connectivity index (χ2n) is 9.06. The summed E-state index contributed by atoms with van der Waals surface area (Å²) in [5.74, 6) is 2.46. The molecule has 1 unspecified atom stereocenters. The Hall–Kier alpha value is -3.16. The molecule has 2 fully saturated rings. The highest BCUT2D eigenvalue weighted by Gasteiger charge is 2.52. The average Bonchev–Trinajstić information content (AvgIpc) is 3.21. The minimum absolute atomic E-state index is 0.0662. The van der Waals surface area contributed by atoms with Crippen molar-refractivity contribution in [3.8, 4) is 22.4 Å². The van der Waals surface area contributed by atoms with Crippen LogP contribution in [0.1, 0.15) is 11.5 Å². The molecule has 1 saturated heterocycles. The van der Waals surface area contributed by atoms with Crippen LogP contribution < -0.4 is 10.9 Å². The second kappa shape index (κ2) is 7.71. The second-order valence-corrected chi connectivity index (χ2v) is 9.47. The number of nitrogens with zero attached hydrogens (tertiary/aromatic N) is 5. The number of pyridine rings is 1. The number of aromatic nitrogens is 5. The molecular weight excluding hydrogens is 436 g/mol. The van der Waals surface area contributed by atoms with Crippen LogP contribution in [0.3, 0.4) is 0 Å². The molecule has 0 amide bonds. The summed E-state index contributed by atoms with van der Waals surface area (Å²) in [6.45, 7) is 6.49. The van der Waals surface area contributed by atoms with Gasteiger partial charge in [0.1, 0.15) is 11.5 Å². The molecule has 4 heterocycles. The topological polar surface area (TPSA) is 85.6 Å². The standard InChI is InChI=1S/C25H23ClN6O/c1-13-7-27-11-23(30-13)15-3-4-17(22(26)6-15)18-5-16-8-29-14(2)31-24(16)32(25(18)33)12-21-19-9-28-10-20(19)21/h3-8,11,19-21,28H,9-10,12H2,1-2H3/t19-,20+,21?. The molecule has 0 radical (unpaired) electrons. The Morgan fingerprint density at radius 2 is 1.88 bits per heavy atom. The summed E-state index contributed by atoms with van der Waals surface area (Å²) in [5, 5.41) is 4.76. The van der Waals surface area contributed by atoms with Crippen LogP contribution in [0.15, 0.2) is 47.7 Å². The molecule has 7 nitrogen and oxygen atoms in total. The SMILES string of the molecule is Cc1cncc(-c2ccc(-c3cc4cnc(C)nc4n(CC4[C@H]5CNC[C@@H]45)c3=O)c(Cl)c2)n1. The summed E-state index contributed by atoms with van der Waals surface area (Å²) in [6, 6.07) is 7.52. The molecule has 2 aliphatic rings. The van der Waals surface area contributed by atoms with E-state index in [9.17, 15) is 4.79 Å². The van der Waals surface area contributed by atoms with Gasteiger partial charge in [-0.05, 0) is 56.8 Å². The minimum atomic E-state index is -0.0662. The van der Waals surface area contributed by atoms with Gasteiger partial charge in [0.05, 0.1) is 17.6 Å². The van der Waals surface area contributed by atoms with Crippen molar-refractivity contribution in [1.29, 1.82) is 0 Å². The quantitative estimate of drug-likeness (QED) is 0.502. The van der Waals surface area contributed by atoms with Crippen LogP contribution in [0.4, 0.5) is 0 Å². The molecule has 1 aliphatic carbocycles. The molecule has 3 atom stereocenters. The van der Waals surface area contributed by atoms with Crippen molar-refractivity contribution in [1.82, 2.24) is 29.8 Å². The Bertz CT molecular complexity index is 1460. The van der Waals surface area contributed by atoms with Crippen LogP contribution in [0, 0.1) is 31.6 Å². The van der Waals surface area contributed by atoms with E-state index >= 15 is 0 Å². The third kappa shape index (κ3) is 3.52. The maximum absolute atomic E-state index is 13.7. The van der Waals surface area contributed by atoms with Crippen LogP contribution >= 0.6 is 11.6 Å². The number of fused-ring (bicyclic) bond motifs is 2. The zero-order chi connectivity index (χ0) is 22.7. The van der Waals surface area contributed by atoms with Crippen molar-refractivity contribution >= 4 is 22.6 Å². The first-order valence-electron chi connectivity index (χ1n) is 11.2. The van der Waals surface area contributed by atoms with Gasteiger partial charge in [-0.3, -0.25) is 14.3 Å². The zero-order valence-corrected chi connectivity index (χ0v) is 19.2. The summed E-state index contributed by atoms with van der Waals surface area (Å²) in [6.07, 6.45) is 5.21. The molecule has 33 heavy (non-hydrogen) atoms. The first-order chi connectivity index (χ1) is 16.0. The summed E-state index contributed by atoms with van der Waals surface area (Å²) in [7, 11) is 0. The van der Waals surface area contributed by atoms with Gasteiger partial charge in [-0.15, -0.1) is 0 Å². The fraction of sp³-hybridized carbons (Fsp3) is 0.320. The highest BCUT2D eigenvalue weighted by atomic mass is 35.5. The fourth-order valence-electron chi connectivity index (χ4n) is 5.13. The fourth-order valence-corrected chi connectivity index (χ4v) is 5.41. The van der Waals surface area contributed by atoms with Crippen LogP contribution in [-0.2, 0) is 6.54 Å². The number of aryl methyl sites for hydroxylation is 2. The molecule has 1 N–H and O–H groups in total. The van der Waals surface area contributed by atoms with Crippen molar-refractivity contribution in [2.45, 2.75) is 20.4 Å². The Morgan fingerprint density at radius 1 is 1.06 bits per heavy atom. The van der Waals surface area contributed by atoms with E-state index in [1.807, 2.05) is 42.7 Å². The maximum Gasteiger partial charge on any atom is 0.260 e. The molecule has 4 aromatic rings. The van der Waals surface area contributed by atoms with Crippen LogP contribution in [0.5, 0.6) is 0 Å². The number of nitrogens with one attached hydrogen (secondary N) is 1. The third-order valence-electron chi connectivity index (χ3n) is 6.92. The number of benzene rings is 1. The van der Waals surface area contributed by atoms with E-state index in [-0.39, 0.29) is 5.56 Å². The van der Waals surface area contributed by atoms with Crippen LogP contribution in [-0.4, -0.2) is 37.6 Å². The van der Waals surface area contributed by atoms with Crippen molar-refractivity contribution in [3.05, 3.63) is 69.8 Å². The lowest BCUT2D eigenvalue weighted by Crippen LogP contribution is -2.26. The van der Waals surface area contributed by atoms with Gasteiger partial charge in [0.15, 0.2) is 0 Å². The largest absolute Gasteiger partial charge is 0.316 e. The van der Waals surface area contributed by atoms with Crippen molar-refractivity contribution in [3.63, 3.8) is 0 Å². The number of hydrogen-bond acceptors (Lipinski definition) is 6. The van der Waals surface area contributed by atoms with Crippen molar-refractivity contribution in [2.75, 3.05) is 13.1 Å². The Labute approximate surface area is 195 Å².